The Kier molecular flexibility index (Phi) is 7.27. The molecule has 30 heavy (non-hydrogen) atoms. The Morgan fingerprint density at radius 2 is 1.00 bits per heavy atom. The van der Waals surface area contributed by atoms with E-state index in [4.69, 9.17) is 9.47 Å². The van der Waals surface area contributed by atoms with Gasteiger partial charge in [0.2, 0.25) is 11.8 Å². The van der Waals surface area contributed by atoms with Gasteiger partial charge in [-0.05, 0) is 47.5 Å². The Morgan fingerprint density at radius 3 is 1.30 bits per heavy atom. The Labute approximate surface area is 177 Å². The predicted octanol–water partition coefficient (Wildman–Crippen LogP) is 3.10. The number of amides is 2. The van der Waals surface area contributed by atoms with Crippen molar-refractivity contribution >= 4 is 24.0 Å². The zero-order chi connectivity index (χ0) is 21.3. The van der Waals surface area contributed by atoms with Crippen LogP contribution in [0.2, 0.25) is 0 Å². The quantitative estimate of drug-likeness (QED) is 0.692. The van der Waals surface area contributed by atoms with Crippen LogP contribution in [-0.4, -0.2) is 62.0 Å². The predicted molar refractivity (Wildman–Crippen MR) is 117 cm³/mol. The van der Waals surface area contributed by atoms with Crippen molar-refractivity contribution in [3.63, 3.8) is 0 Å². The first-order valence-corrected chi connectivity index (χ1v) is 9.81. The molecule has 6 nitrogen and oxygen atoms in total. The minimum atomic E-state index is -0.0494. The number of carbonyl (C=O) groups excluding carboxylic acids is 2. The van der Waals surface area contributed by atoms with Gasteiger partial charge in [-0.3, -0.25) is 9.59 Å². The summed E-state index contributed by atoms with van der Waals surface area (Å²) < 4.78 is 10.3. The largest absolute Gasteiger partial charge is 0.497 e. The van der Waals surface area contributed by atoms with Crippen LogP contribution in [0.15, 0.2) is 60.7 Å². The topological polar surface area (TPSA) is 59.1 Å². The van der Waals surface area contributed by atoms with E-state index in [1.54, 1.807) is 48.3 Å². The third kappa shape index (κ3) is 5.73. The zero-order valence-electron chi connectivity index (χ0n) is 17.3. The van der Waals surface area contributed by atoms with Crippen LogP contribution < -0.4 is 9.47 Å². The molecule has 6 heteroatoms. The Hall–Kier alpha value is -3.54. The molecular weight excluding hydrogens is 380 g/mol. The molecule has 0 aromatic heterocycles. The number of nitrogens with zero attached hydrogens (tertiary/aromatic N) is 2. The average Bonchev–Trinajstić information content (AvgIpc) is 2.81. The van der Waals surface area contributed by atoms with Crippen LogP contribution in [0.5, 0.6) is 11.5 Å². The van der Waals surface area contributed by atoms with Crippen molar-refractivity contribution in [3.05, 3.63) is 71.8 Å². The van der Waals surface area contributed by atoms with Gasteiger partial charge in [0.1, 0.15) is 11.5 Å². The second-order valence-electron chi connectivity index (χ2n) is 6.86. The van der Waals surface area contributed by atoms with E-state index in [-0.39, 0.29) is 11.8 Å². The van der Waals surface area contributed by atoms with Crippen LogP contribution in [0.25, 0.3) is 12.2 Å². The minimum absolute atomic E-state index is 0.0494. The standard InChI is InChI=1S/C24H26N2O4/c1-29-21-9-3-19(4-10-21)7-13-23(27)25-15-17-26(18-16-25)24(28)14-8-20-5-11-22(30-2)12-6-20/h3-14H,15-18H2,1-2H3. The molecule has 1 heterocycles. The lowest BCUT2D eigenvalue weighted by molar-refractivity contribution is -0.133. The zero-order valence-corrected chi connectivity index (χ0v) is 17.3. The highest BCUT2D eigenvalue weighted by Crippen LogP contribution is 2.14. The first kappa shape index (κ1) is 21.2. The van der Waals surface area contributed by atoms with Gasteiger partial charge in [-0.1, -0.05) is 24.3 Å². The van der Waals surface area contributed by atoms with Crippen molar-refractivity contribution < 1.29 is 19.1 Å². The number of hydrogen-bond donors (Lipinski definition) is 0. The number of methoxy groups -OCH3 is 2. The van der Waals surface area contributed by atoms with Crippen molar-refractivity contribution in [2.75, 3.05) is 40.4 Å². The molecule has 156 valence electrons. The van der Waals surface area contributed by atoms with Crippen molar-refractivity contribution in [1.82, 2.24) is 9.80 Å². The van der Waals surface area contributed by atoms with Crippen LogP contribution >= 0.6 is 0 Å². The van der Waals surface area contributed by atoms with Crippen molar-refractivity contribution in [2.24, 2.45) is 0 Å². The van der Waals surface area contributed by atoms with E-state index in [9.17, 15) is 9.59 Å². The van der Waals surface area contributed by atoms with Gasteiger partial charge >= 0.3 is 0 Å². The van der Waals surface area contributed by atoms with E-state index in [2.05, 4.69) is 0 Å². The summed E-state index contributed by atoms with van der Waals surface area (Å²) in [6.07, 6.45) is 6.72. The molecule has 2 amide bonds. The normalized spacial score (nSPS) is 14.3. The van der Waals surface area contributed by atoms with Gasteiger partial charge in [-0.2, -0.15) is 0 Å². The van der Waals surface area contributed by atoms with E-state index >= 15 is 0 Å². The maximum Gasteiger partial charge on any atom is 0.246 e. The van der Waals surface area contributed by atoms with Gasteiger partial charge in [0.15, 0.2) is 0 Å². The van der Waals surface area contributed by atoms with Crippen LogP contribution in [0, 0.1) is 0 Å². The number of benzene rings is 2. The first-order chi connectivity index (χ1) is 14.6. The van der Waals surface area contributed by atoms with Gasteiger partial charge in [-0.25, -0.2) is 0 Å². The number of hydrogen-bond acceptors (Lipinski definition) is 4. The SMILES string of the molecule is COc1ccc(C=CC(=O)N2CCN(C(=O)C=Cc3ccc(OC)cc3)CC2)cc1. The fourth-order valence-electron chi connectivity index (χ4n) is 3.12. The molecule has 1 saturated heterocycles. The molecule has 0 radical (unpaired) electrons. The summed E-state index contributed by atoms with van der Waals surface area (Å²) in [5.41, 5.74) is 1.86. The van der Waals surface area contributed by atoms with E-state index in [0.717, 1.165) is 22.6 Å². The maximum absolute atomic E-state index is 12.4. The maximum atomic E-state index is 12.4. The lowest BCUT2D eigenvalue weighted by Gasteiger charge is -2.33. The highest BCUT2D eigenvalue weighted by molar-refractivity contribution is 5.93. The highest BCUT2D eigenvalue weighted by atomic mass is 16.5. The van der Waals surface area contributed by atoms with E-state index < -0.39 is 0 Å². The fourth-order valence-corrected chi connectivity index (χ4v) is 3.12. The molecule has 0 bridgehead atoms. The van der Waals surface area contributed by atoms with E-state index in [1.807, 2.05) is 48.5 Å². The smallest absolute Gasteiger partial charge is 0.246 e. The molecule has 1 aliphatic rings. The molecule has 0 aliphatic carbocycles. The number of rotatable bonds is 6. The van der Waals surface area contributed by atoms with Crippen molar-refractivity contribution in [2.45, 2.75) is 0 Å². The second kappa shape index (κ2) is 10.3. The highest BCUT2D eigenvalue weighted by Gasteiger charge is 2.21. The molecule has 2 aromatic rings. The summed E-state index contributed by atoms with van der Waals surface area (Å²) in [7, 11) is 3.24. The van der Waals surface area contributed by atoms with Gasteiger partial charge in [0.05, 0.1) is 14.2 Å². The lowest BCUT2D eigenvalue weighted by atomic mass is 10.2. The van der Waals surface area contributed by atoms with E-state index in [1.165, 1.54) is 0 Å². The molecule has 0 spiro atoms. The summed E-state index contributed by atoms with van der Waals surface area (Å²) in [5.74, 6) is 1.46. The summed E-state index contributed by atoms with van der Waals surface area (Å²) in [6, 6.07) is 15.0. The number of carbonyl (C=O) groups is 2. The number of piperazine rings is 1. The Bertz CT molecular complexity index is 832. The molecule has 0 atom stereocenters. The van der Waals surface area contributed by atoms with Crippen LogP contribution in [0.1, 0.15) is 11.1 Å². The minimum Gasteiger partial charge on any atom is -0.497 e. The molecule has 0 N–H and O–H groups in total. The Balaban J connectivity index is 1.48. The molecule has 1 fully saturated rings. The van der Waals surface area contributed by atoms with Gasteiger partial charge < -0.3 is 19.3 Å². The lowest BCUT2D eigenvalue weighted by Crippen LogP contribution is -2.49. The van der Waals surface area contributed by atoms with Gasteiger partial charge in [0, 0.05) is 38.3 Å². The molecule has 3 rings (SSSR count). The van der Waals surface area contributed by atoms with Crippen LogP contribution in [0.3, 0.4) is 0 Å². The molecular formula is C24H26N2O4. The Morgan fingerprint density at radius 1 is 0.667 bits per heavy atom. The van der Waals surface area contributed by atoms with Gasteiger partial charge in [0.25, 0.3) is 0 Å². The van der Waals surface area contributed by atoms with E-state index in [0.29, 0.717) is 26.2 Å². The van der Waals surface area contributed by atoms with Gasteiger partial charge in [-0.15, -0.1) is 0 Å². The molecule has 1 aliphatic heterocycles. The molecule has 2 aromatic carbocycles. The third-order valence-electron chi connectivity index (χ3n) is 4.97. The first-order valence-electron chi connectivity index (χ1n) is 9.81. The van der Waals surface area contributed by atoms with Crippen molar-refractivity contribution in [3.8, 4) is 11.5 Å². The second-order valence-corrected chi connectivity index (χ2v) is 6.86. The summed E-state index contributed by atoms with van der Waals surface area (Å²) in [5, 5.41) is 0. The third-order valence-corrected chi connectivity index (χ3v) is 4.97. The van der Waals surface area contributed by atoms with Crippen molar-refractivity contribution in [1.29, 1.82) is 0 Å². The fraction of sp³-hybridized carbons (Fsp3) is 0.250. The average molecular weight is 406 g/mol. The molecule has 0 unspecified atom stereocenters. The van der Waals surface area contributed by atoms with Crippen LogP contribution in [0.4, 0.5) is 0 Å². The monoisotopic (exact) mass is 406 g/mol. The molecule has 0 saturated carbocycles. The van der Waals surface area contributed by atoms with Crippen LogP contribution in [-0.2, 0) is 9.59 Å². The summed E-state index contributed by atoms with van der Waals surface area (Å²) in [4.78, 5) is 28.4. The summed E-state index contributed by atoms with van der Waals surface area (Å²) in [6.45, 7) is 2.09. The number of ether oxygens (including phenoxy) is 2. The summed E-state index contributed by atoms with van der Waals surface area (Å²) >= 11 is 0.